The molecule has 0 saturated heterocycles. The second-order valence-electron chi connectivity index (χ2n) is 8.44. The smallest absolute Gasteiger partial charge is 0.227 e. The molecule has 1 N–H and O–H groups in total. The lowest BCUT2D eigenvalue weighted by Crippen LogP contribution is -2.15. The first kappa shape index (κ1) is 22.4. The highest BCUT2D eigenvalue weighted by molar-refractivity contribution is 5.90. The van der Waals surface area contributed by atoms with Crippen LogP contribution in [0, 0.1) is 12.8 Å². The number of aryl methyl sites for hydroxylation is 1. The molecule has 0 bridgehead atoms. The lowest BCUT2D eigenvalue weighted by molar-refractivity contribution is 0.126. The van der Waals surface area contributed by atoms with E-state index in [2.05, 4.69) is 10.3 Å². The summed E-state index contributed by atoms with van der Waals surface area (Å²) in [7, 11) is 3.88. The van der Waals surface area contributed by atoms with Gasteiger partial charge in [0.25, 0.3) is 0 Å². The number of fused-ring (bicyclic) bond motifs is 1. The van der Waals surface area contributed by atoms with E-state index >= 15 is 0 Å². The molecule has 1 fully saturated rings. The highest BCUT2D eigenvalue weighted by atomic mass is 16.5. The van der Waals surface area contributed by atoms with Gasteiger partial charge in [0.05, 0.1) is 25.5 Å². The van der Waals surface area contributed by atoms with E-state index in [4.69, 9.17) is 24.5 Å². The number of hydrogen-bond acceptors (Lipinski definition) is 8. The number of aromatic nitrogens is 5. The van der Waals surface area contributed by atoms with Crippen molar-refractivity contribution < 1.29 is 9.47 Å². The van der Waals surface area contributed by atoms with Crippen molar-refractivity contribution in [3.8, 4) is 0 Å². The average Bonchev–Trinajstić information content (AvgIpc) is 3.52. The summed E-state index contributed by atoms with van der Waals surface area (Å²) < 4.78 is 13.4. The van der Waals surface area contributed by atoms with Crippen LogP contribution >= 0.6 is 0 Å². The van der Waals surface area contributed by atoms with Crippen molar-refractivity contribution >= 4 is 28.6 Å². The molecule has 172 valence electrons. The minimum Gasteiger partial charge on any atom is -0.381 e. The van der Waals surface area contributed by atoms with E-state index < -0.39 is 0 Å². The Morgan fingerprint density at radius 1 is 1.19 bits per heavy atom. The first-order chi connectivity index (χ1) is 15.5. The molecule has 0 unspecified atom stereocenters. The van der Waals surface area contributed by atoms with Gasteiger partial charge in [0.1, 0.15) is 16.9 Å². The molecule has 0 aliphatic heterocycles. The predicted octanol–water partition coefficient (Wildman–Crippen LogP) is 3.34. The van der Waals surface area contributed by atoms with Crippen molar-refractivity contribution in [2.45, 2.75) is 39.7 Å². The van der Waals surface area contributed by atoms with E-state index in [1.165, 1.54) is 12.8 Å². The third-order valence-corrected chi connectivity index (χ3v) is 5.39. The van der Waals surface area contributed by atoms with Crippen molar-refractivity contribution in [3.05, 3.63) is 29.6 Å². The van der Waals surface area contributed by atoms with Gasteiger partial charge in [0.2, 0.25) is 5.95 Å². The zero-order valence-electron chi connectivity index (χ0n) is 19.5. The molecule has 0 amide bonds. The molecule has 3 aromatic rings. The van der Waals surface area contributed by atoms with Crippen LogP contribution in [0.15, 0.2) is 18.3 Å². The van der Waals surface area contributed by atoms with Gasteiger partial charge in [0.15, 0.2) is 5.82 Å². The summed E-state index contributed by atoms with van der Waals surface area (Å²) in [5, 5.41) is 8.28. The Kier molecular flexibility index (Phi) is 7.16. The predicted molar refractivity (Wildman–Crippen MR) is 126 cm³/mol. The molecule has 0 radical (unpaired) electrons. The van der Waals surface area contributed by atoms with Crippen molar-refractivity contribution in [1.82, 2.24) is 24.7 Å². The number of nitrogens with zero attached hydrogens (tertiary/aromatic N) is 6. The van der Waals surface area contributed by atoms with Crippen LogP contribution in [0.2, 0.25) is 0 Å². The Bertz CT molecular complexity index is 1050. The summed E-state index contributed by atoms with van der Waals surface area (Å²) in [4.78, 5) is 16.0. The minimum atomic E-state index is 0.572. The molecule has 4 rings (SSSR count). The maximum Gasteiger partial charge on any atom is 0.227 e. The molecule has 1 aliphatic rings. The van der Waals surface area contributed by atoms with Gasteiger partial charge >= 0.3 is 0 Å². The first-order valence-electron chi connectivity index (χ1n) is 11.3. The second kappa shape index (κ2) is 10.2. The Hall–Kier alpha value is -2.78. The van der Waals surface area contributed by atoms with Gasteiger partial charge in [0, 0.05) is 39.9 Å². The Morgan fingerprint density at radius 2 is 2.03 bits per heavy atom. The van der Waals surface area contributed by atoms with Crippen LogP contribution in [0.4, 0.5) is 17.6 Å². The fourth-order valence-corrected chi connectivity index (χ4v) is 3.47. The zero-order chi connectivity index (χ0) is 22.5. The van der Waals surface area contributed by atoms with Crippen LogP contribution in [0.5, 0.6) is 0 Å². The number of anilines is 3. The molecule has 0 spiro atoms. The fraction of sp³-hybridized carbons (Fsp3) is 0.565. The summed E-state index contributed by atoms with van der Waals surface area (Å²) in [5.74, 6) is 2.79. The van der Waals surface area contributed by atoms with E-state index in [9.17, 15) is 0 Å². The molecule has 9 nitrogen and oxygen atoms in total. The molecule has 0 aromatic carbocycles. The maximum absolute atomic E-state index is 5.88. The van der Waals surface area contributed by atoms with Gasteiger partial charge in [-0.1, -0.05) is 0 Å². The largest absolute Gasteiger partial charge is 0.381 e. The maximum atomic E-state index is 5.88. The van der Waals surface area contributed by atoms with Crippen LogP contribution in [-0.4, -0.2) is 65.3 Å². The summed E-state index contributed by atoms with van der Waals surface area (Å²) in [6.07, 6.45) is 5.07. The molecular formula is C23H33N7O2. The highest BCUT2D eigenvalue weighted by Gasteiger charge is 2.22. The molecule has 3 aromatic heterocycles. The van der Waals surface area contributed by atoms with E-state index in [0.717, 1.165) is 40.6 Å². The number of ether oxygens (including phenoxy) is 2. The van der Waals surface area contributed by atoms with Gasteiger partial charge in [-0.15, -0.1) is 0 Å². The van der Waals surface area contributed by atoms with Crippen molar-refractivity contribution in [2.75, 3.05) is 50.7 Å². The van der Waals surface area contributed by atoms with Crippen LogP contribution in [0.25, 0.3) is 11.0 Å². The number of rotatable bonds is 12. The van der Waals surface area contributed by atoms with Crippen LogP contribution in [0.1, 0.15) is 31.0 Å². The van der Waals surface area contributed by atoms with Crippen LogP contribution in [0.3, 0.4) is 0 Å². The average molecular weight is 440 g/mol. The van der Waals surface area contributed by atoms with Gasteiger partial charge in [-0.25, -0.2) is 9.97 Å². The zero-order valence-corrected chi connectivity index (χ0v) is 19.5. The van der Waals surface area contributed by atoms with E-state index in [1.807, 2.05) is 49.7 Å². The summed E-state index contributed by atoms with van der Waals surface area (Å²) in [6.45, 7) is 7.37. The van der Waals surface area contributed by atoms with E-state index in [0.29, 0.717) is 44.6 Å². The summed E-state index contributed by atoms with van der Waals surface area (Å²) >= 11 is 0. The van der Waals surface area contributed by atoms with Crippen LogP contribution in [-0.2, 0) is 22.4 Å². The number of nitrogens with one attached hydrogen (secondary N) is 1. The third-order valence-electron chi connectivity index (χ3n) is 5.39. The third kappa shape index (κ3) is 5.52. The Labute approximate surface area is 189 Å². The first-order valence-corrected chi connectivity index (χ1v) is 11.3. The number of pyridine rings is 1. The quantitative estimate of drug-likeness (QED) is 0.430. The summed E-state index contributed by atoms with van der Waals surface area (Å²) in [5.41, 5.74) is 3.73. The normalized spacial score (nSPS) is 13.6. The molecule has 3 heterocycles. The topological polar surface area (TPSA) is 90.2 Å². The van der Waals surface area contributed by atoms with Crippen molar-refractivity contribution in [1.29, 1.82) is 0 Å². The van der Waals surface area contributed by atoms with Gasteiger partial charge in [-0.05, 0) is 50.3 Å². The Balaban J connectivity index is 1.70. The molecule has 0 atom stereocenters. The lowest BCUT2D eigenvalue weighted by atomic mass is 10.2. The van der Waals surface area contributed by atoms with Gasteiger partial charge in [-0.2, -0.15) is 10.1 Å². The van der Waals surface area contributed by atoms with Gasteiger partial charge < -0.3 is 19.7 Å². The molecule has 1 saturated carbocycles. The molecule has 9 heteroatoms. The highest BCUT2D eigenvalue weighted by Crippen LogP contribution is 2.30. The van der Waals surface area contributed by atoms with Crippen LogP contribution < -0.4 is 10.2 Å². The second-order valence-corrected chi connectivity index (χ2v) is 8.44. The van der Waals surface area contributed by atoms with Crippen molar-refractivity contribution in [3.63, 3.8) is 0 Å². The molecular weight excluding hydrogens is 406 g/mol. The van der Waals surface area contributed by atoms with Gasteiger partial charge in [-0.3, -0.25) is 4.68 Å². The molecule has 32 heavy (non-hydrogen) atoms. The number of hydrogen-bond donors (Lipinski definition) is 1. The van der Waals surface area contributed by atoms with E-state index in [1.54, 1.807) is 6.20 Å². The lowest BCUT2D eigenvalue weighted by Gasteiger charge is -2.14. The molecule has 1 aliphatic carbocycles. The Morgan fingerprint density at radius 3 is 2.75 bits per heavy atom. The van der Waals surface area contributed by atoms with E-state index in [-0.39, 0.29) is 0 Å². The minimum absolute atomic E-state index is 0.572. The monoisotopic (exact) mass is 439 g/mol. The summed E-state index contributed by atoms with van der Waals surface area (Å²) in [6, 6.07) is 3.97. The SMILES string of the molecule is CCOCCn1nc(CCOCC2CC2)c2nc(N(C)C)nc(Nc3cc(C)ccn3)c21. The fourth-order valence-electron chi connectivity index (χ4n) is 3.47. The standard InChI is InChI=1S/C23H33N7O2/c1-5-31-13-11-30-21-20(18(28-30)9-12-32-15-17-6-7-17)26-23(29(3)4)27-22(21)25-19-14-16(2)8-10-24-19/h8,10,14,17H,5-7,9,11-13,15H2,1-4H3,(H,24,25,26,27). The van der Waals surface area contributed by atoms with Crippen molar-refractivity contribution in [2.24, 2.45) is 5.92 Å².